The van der Waals surface area contributed by atoms with E-state index in [0.29, 0.717) is 16.9 Å². The molecule has 0 aliphatic rings. The molecule has 0 fully saturated rings. The minimum atomic E-state index is -3.74. The van der Waals surface area contributed by atoms with Crippen molar-refractivity contribution >= 4 is 21.5 Å². The second-order valence-electron chi connectivity index (χ2n) is 5.40. The molecule has 2 rings (SSSR count). The van der Waals surface area contributed by atoms with Crippen molar-refractivity contribution < 1.29 is 13.2 Å². The van der Waals surface area contributed by atoms with E-state index in [1.807, 2.05) is 13.8 Å². The molecule has 0 bridgehead atoms. The summed E-state index contributed by atoms with van der Waals surface area (Å²) in [6.45, 7) is 6.93. The molecule has 1 aromatic carbocycles. The van der Waals surface area contributed by atoms with Gasteiger partial charge in [0.05, 0.1) is 5.69 Å². The minimum Gasteiger partial charge on any atom is -0.295 e. The number of nitrogens with one attached hydrogen (secondary N) is 1. The lowest BCUT2D eigenvalue weighted by atomic mass is 10.1. The summed E-state index contributed by atoms with van der Waals surface area (Å²) >= 11 is 0. The monoisotopic (exact) mass is 321 g/mol. The Labute approximate surface area is 130 Å². The molecule has 0 radical (unpaired) electrons. The molecule has 0 unspecified atom stereocenters. The van der Waals surface area contributed by atoms with Crippen molar-refractivity contribution in [2.45, 2.75) is 38.6 Å². The summed E-state index contributed by atoms with van der Waals surface area (Å²) in [5.74, 6) is -0.121. The van der Waals surface area contributed by atoms with E-state index in [-0.39, 0.29) is 16.7 Å². The number of hydrogen-bond acceptors (Lipinski definition) is 4. The van der Waals surface area contributed by atoms with E-state index in [1.165, 1.54) is 19.2 Å². The van der Waals surface area contributed by atoms with Crippen LogP contribution in [-0.2, 0) is 10.0 Å². The number of carbonyl (C=O) groups is 1. The second-order valence-corrected chi connectivity index (χ2v) is 7.05. The summed E-state index contributed by atoms with van der Waals surface area (Å²) in [7, 11) is -3.74. The fourth-order valence-corrected chi connectivity index (χ4v) is 3.23. The van der Waals surface area contributed by atoms with Gasteiger partial charge in [-0.3, -0.25) is 14.2 Å². The van der Waals surface area contributed by atoms with Crippen LogP contribution in [-0.4, -0.2) is 24.0 Å². The third-order valence-electron chi connectivity index (χ3n) is 3.21. The van der Waals surface area contributed by atoms with Gasteiger partial charge >= 0.3 is 0 Å². The van der Waals surface area contributed by atoms with Gasteiger partial charge in [0.25, 0.3) is 10.0 Å². The van der Waals surface area contributed by atoms with E-state index in [4.69, 9.17) is 0 Å². The maximum atomic E-state index is 12.5. The van der Waals surface area contributed by atoms with Crippen molar-refractivity contribution in [2.24, 2.45) is 0 Å². The predicted octanol–water partition coefficient (Wildman–Crippen LogP) is 2.78. The molecule has 118 valence electrons. The minimum absolute atomic E-state index is 0.0729. The first-order valence-corrected chi connectivity index (χ1v) is 8.38. The third-order valence-corrected chi connectivity index (χ3v) is 4.70. The van der Waals surface area contributed by atoms with Crippen molar-refractivity contribution in [2.75, 3.05) is 4.72 Å². The molecule has 1 heterocycles. The Bertz CT molecular complexity index is 807. The molecule has 0 saturated heterocycles. The molecule has 6 nitrogen and oxygen atoms in total. The van der Waals surface area contributed by atoms with Gasteiger partial charge in [0, 0.05) is 23.5 Å². The SMILES string of the molecule is CC(=O)c1cccc(NS(=O)(=O)c2cn(C(C)C)nc2C)c1. The van der Waals surface area contributed by atoms with E-state index in [2.05, 4.69) is 9.82 Å². The number of rotatable bonds is 5. The number of aromatic nitrogens is 2. The number of aryl methyl sites for hydroxylation is 1. The van der Waals surface area contributed by atoms with Crippen molar-refractivity contribution in [1.82, 2.24) is 9.78 Å². The van der Waals surface area contributed by atoms with Gasteiger partial charge in [-0.05, 0) is 39.8 Å². The van der Waals surface area contributed by atoms with Crippen LogP contribution in [0.4, 0.5) is 5.69 Å². The van der Waals surface area contributed by atoms with Crippen molar-refractivity contribution in [3.8, 4) is 0 Å². The zero-order chi connectivity index (χ0) is 16.5. The van der Waals surface area contributed by atoms with Crippen LogP contribution in [0.3, 0.4) is 0 Å². The Balaban J connectivity index is 2.36. The highest BCUT2D eigenvalue weighted by Crippen LogP contribution is 2.21. The quantitative estimate of drug-likeness (QED) is 0.859. The van der Waals surface area contributed by atoms with Gasteiger partial charge in [0.2, 0.25) is 0 Å². The maximum absolute atomic E-state index is 12.5. The van der Waals surface area contributed by atoms with Gasteiger partial charge in [-0.1, -0.05) is 12.1 Å². The molecule has 0 aliphatic carbocycles. The van der Waals surface area contributed by atoms with Crippen LogP contribution in [0.25, 0.3) is 0 Å². The molecule has 1 aromatic heterocycles. The molecule has 0 spiro atoms. The van der Waals surface area contributed by atoms with Crippen LogP contribution in [0, 0.1) is 6.92 Å². The molecule has 0 saturated carbocycles. The summed E-state index contributed by atoms with van der Waals surface area (Å²) < 4.78 is 29.1. The number of Topliss-reactive ketones (excluding diaryl/α,β-unsaturated/α-hetero) is 1. The zero-order valence-electron chi connectivity index (χ0n) is 13.0. The Morgan fingerprint density at radius 2 is 2.00 bits per heavy atom. The summed E-state index contributed by atoms with van der Waals surface area (Å²) in [6.07, 6.45) is 1.51. The fraction of sp³-hybridized carbons (Fsp3) is 0.333. The van der Waals surface area contributed by atoms with Crippen LogP contribution < -0.4 is 4.72 Å². The summed E-state index contributed by atoms with van der Waals surface area (Å²) in [6, 6.07) is 6.47. The highest BCUT2D eigenvalue weighted by atomic mass is 32.2. The number of sulfonamides is 1. The highest BCUT2D eigenvalue weighted by molar-refractivity contribution is 7.92. The Kier molecular flexibility index (Phi) is 4.37. The lowest BCUT2D eigenvalue weighted by Crippen LogP contribution is -2.13. The average molecular weight is 321 g/mol. The summed E-state index contributed by atoms with van der Waals surface area (Å²) in [5, 5.41) is 4.21. The van der Waals surface area contributed by atoms with Crippen molar-refractivity contribution in [3.63, 3.8) is 0 Å². The Morgan fingerprint density at radius 1 is 1.32 bits per heavy atom. The van der Waals surface area contributed by atoms with Gasteiger partial charge in [-0.15, -0.1) is 0 Å². The van der Waals surface area contributed by atoms with E-state index in [9.17, 15) is 13.2 Å². The predicted molar refractivity (Wildman–Crippen MR) is 84.6 cm³/mol. The van der Waals surface area contributed by atoms with E-state index in [0.717, 1.165) is 0 Å². The lowest BCUT2D eigenvalue weighted by molar-refractivity contribution is 0.101. The fourth-order valence-electron chi connectivity index (χ4n) is 2.01. The maximum Gasteiger partial charge on any atom is 0.265 e. The Hall–Kier alpha value is -2.15. The molecule has 1 N–H and O–H groups in total. The van der Waals surface area contributed by atoms with Gasteiger partial charge in [0.1, 0.15) is 4.90 Å². The summed E-state index contributed by atoms with van der Waals surface area (Å²) in [4.78, 5) is 11.5. The molecule has 0 aliphatic heterocycles. The molecular formula is C15H19N3O3S. The van der Waals surface area contributed by atoms with E-state index in [1.54, 1.807) is 29.8 Å². The highest BCUT2D eigenvalue weighted by Gasteiger charge is 2.21. The number of ketones is 1. The molecule has 0 amide bonds. The van der Waals surface area contributed by atoms with Crippen molar-refractivity contribution in [3.05, 3.63) is 41.7 Å². The molecule has 22 heavy (non-hydrogen) atoms. The number of nitrogens with zero attached hydrogens (tertiary/aromatic N) is 2. The molecule has 2 aromatic rings. The standard InChI is InChI=1S/C15H19N3O3S/c1-10(2)18-9-15(11(3)16-18)22(20,21)17-14-7-5-6-13(8-14)12(4)19/h5-10,17H,1-4H3. The number of hydrogen-bond donors (Lipinski definition) is 1. The second kappa shape index (κ2) is 5.92. The van der Waals surface area contributed by atoms with Crippen LogP contribution in [0.15, 0.2) is 35.4 Å². The normalized spacial score (nSPS) is 11.7. The first kappa shape index (κ1) is 16.2. The third kappa shape index (κ3) is 3.36. The molecule has 0 atom stereocenters. The van der Waals surface area contributed by atoms with E-state index >= 15 is 0 Å². The number of anilines is 1. The Morgan fingerprint density at radius 3 is 2.55 bits per heavy atom. The van der Waals surface area contributed by atoms with Crippen molar-refractivity contribution in [1.29, 1.82) is 0 Å². The first-order valence-electron chi connectivity index (χ1n) is 6.90. The van der Waals surface area contributed by atoms with E-state index < -0.39 is 10.0 Å². The average Bonchev–Trinajstić information content (AvgIpc) is 2.81. The lowest BCUT2D eigenvalue weighted by Gasteiger charge is -2.08. The number of benzene rings is 1. The first-order chi connectivity index (χ1) is 10.2. The van der Waals surface area contributed by atoms with Crippen LogP contribution in [0.2, 0.25) is 0 Å². The zero-order valence-corrected chi connectivity index (χ0v) is 13.8. The summed E-state index contributed by atoms with van der Waals surface area (Å²) in [5.41, 5.74) is 1.24. The topological polar surface area (TPSA) is 81.1 Å². The van der Waals surface area contributed by atoms with Gasteiger partial charge in [-0.2, -0.15) is 5.10 Å². The smallest absolute Gasteiger partial charge is 0.265 e. The van der Waals surface area contributed by atoms with Gasteiger partial charge < -0.3 is 0 Å². The molecule has 7 heteroatoms. The van der Waals surface area contributed by atoms with Gasteiger partial charge in [-0.25, -0.2) is 8.42 Å². The van der Waals surface area contributed by atoms with Gasteiger partial charge in [0.15, 0.2) is 5.78 Å². The van der Waals surface area contributed by atoms with Crippen LogP contribution in [0.5, 0.6) is 0 Å². The van der Waals surface area contributed by atoms with Crippen LogP contribution in [0.1, 0.15) is 42.9 Å². The largest absolute Gasteiger partial charge is 0.295 e. The number of carbonyl (C=O) groups excluding carboxylic acids is 1. The molecular weight excluding hydrogens is 302 g/mol. The van der Waals surface area contributed by atoms with Crippen LogP contribution >= 0.6 is 0 Å².